The van der Waals surface area contributed by atoms with Crippen molar-refractivity contribution in [2.45, 2.75) is 31.4 Å². The first kappa shape index (κ1) is 8.10. The minimum Gasteiger partial charge on any atom is -0.389 e. The third kappa shape index (κ3) is 1.35. The summed E-state index contributed by atoms with van der Waals surface area (Å²) in [6, 6.07) is 0.344. The average Bonchev–Trinajstić information content (AvgIpc) is 2.46. The topological polar surface area (TPSA) is 72.0 Å². The molecule has 5 heteroatoms. The molecular weight excluding hydrogens is 174 g/mol. The summed E-state index contributed by atoms with van der Waals surface area (Å²) in [5.41, 5.74) is 5.65. The van der Waals surface area contributed by atoms with Gasteiger partial charge in [-0.05, 0) is 12.8 Å². The number of nitrogens with zero attached hydrogens (tertiary/aromatic N) is 2. The molecule has 66 valence electrons. The molecule has 1 aromatic heterocycles. The van der Waals surface area contributed by atoms with Crippen LogP contribution in [0.25, 0.3) is 0 Å². The SMILES string of the molecule is NC1CC(c2nnc(CO)s2)C1. The molecular formula is C7H11N3OS. The minimum atomic E-state index is -0.00353. The Morgan fingerprint density at radius 3 is 2.75 bits per heavy atom. The highest BCUT2D eigenvalue weighted by molar-refractivity contribution is 7.11. The van der Waals surface area contributed by atoms with Gasteiger partial charge in [0.15, 0.2) is 0 Å². The summed E-state index contributed by atoms with van der Waals surface area (Å²) in [6.45, 7) is -0.00353. The van der Waals surface area contributed by atoms with Gasteiger partial charge in [-0.2, -0.15) is 0 Å². The van der Waals surface area contributed by atoms with E-state index in [1.807, 2.05) is 0 Å². The normalized spacial score (nSPS) is 28.5. The smallest absolute Gasteiger partial charge is 0.143 e. The zero-order valence-electron chi connectivity index (χ0n) is 6.60. The van der Waals surface area contributed by atoms with Gasteiger partial charge in [-0.25, -0.2) is 0 Å². The van der Waals surface area contributed by atoms with Crippen molar-refractivity contribution in [1.82, 2.24) is 10.2 Å². The van der Waals surface area contributed by atoms with Gasteiger partial charge < -0.3 is 10.8 Å². The minimum absolute atomic E-state index is 0.00353. The molecule has 0 bridgehead atoms. The summed E-state index contributed by atoms with van der Waals surface area (Å²) in [6.07, 6.45) is 2.03. The van der Waals surface area contributed by atoms with Crippen molar-refractivity contribution in [2.24, 2.45) is 5.73 Å². The van der Waals surface area contributed by atoms with E-state index in [-0.39, 0.29) is 6.61 Å². The van der Waals surface area contributed by atoms with Gasteiger partial charge >= 0.3 is 0 Å². The number of nitrogens with two attached hydrogens (primary N) is 1. The first-order chi connectivity index (χ1) is 5.79. The van der Waals surface area contributed by atoms with Crippen molar-refractivity contribution in [3.8, 4) is 0 Å². The molecule has 2 rings (SSSR count). The quantitative estimate of drug-likeness (QED) is 0.692. The molecule has 0 saturated heterocycles. The highest BCUT2D eigenvalue weighted by Crippen LogP contribution is 2.36. The lowest BCUT2D eigenvalue weighted by Crippen LogP contribution is -2.34. The van der Waals surface area contributed by atoms with Crippen molar-refractivity contribution < 1.29 is 5.11 Å². The Hall–Kier alpha value is -0.520. The van der Waals surface area contributed by atoms with Crippen LogP contribution in [0.15, 0.2) is 0 Å². The van der Waals surface area contributed by atoms with Gasteiger partial charge in [-0.3, -0.25) is 0 Å². The van der Waals surface area contributed by atoms with E-state index in [1.54, 1.807) is 0 Å². The zero-order chi connectivity index (χ0) is 8.55. The van der Waals surface area contributed by atoms with E-state index in [0.717, 1.165) is 17.8 Å². The molecule has 0 aliphatic heterocycles. The van der Waals surface area contributed by atoms with Crippen molar-refractivity contribution in [1.29, 1.82) is 0 Å². The Kier molecular flexibility index (Phi) is 2.08. The van der Waals surface area contributed by atoms with Crippen molar-refractivity contribution >= 4 is 11.3 Å². The van der Waals surface area contributed by atoms with Crippen molar-refractivity contribution in [2.75, 3.05) is 0 Å². The molecule has 0 unspecified atom stereocenters. The lowest BCUT2D eigenvalue weighted by atomic mass is 9.81. The molecule has 12 heavy (non-hydrogen) atoms. The van der Waals surface area contributed by atoms with Gasteiger partial charge in [0.1, 0.15) is 10.0 Å². The second-order valence-electron chi connectivity index (χ2n) is 3.12. The molecule has 1 fully saturated rings. The fourth-order valence-electron chi connectivity index (χ4n) is 1.36. The third-order valence-corrected chi connectivity index (χ3v) is 3.21. The number of hydrogen-bond donors (Lipinski definition) is 2. The van der Waals surface area contributed by atoms with Crippen LogP contribution < -0.4 is 5.73 Å². The number of aliphatic hydroxyl groups excluding tert-OH is 1. The van der Waals surface area contributed by atoms with Crippen LogP contribution in [0.2, 0.25) is 0 Å². The molecule has 1 aliphatic carbocycles. The molecule has 4 nitrogen and oxygen atoms in total. The maximum Gasteiger partial charge on any atom is 0.143 e. The maximum atomic E-state index is 8.76. The first-order valence-corrected chi connectivity index (χ1v) is 4.80. The zero-order valence-corrected chi connectivity index (χ0v) is 7.42. The molecule has 0 radical (unpaired) electrons. The van der Waals surface area contributed by atoms with Gasteiger partial charge in [0, 0.05) is 12.0 Å². The lowest BCUT2D eigenvalue weighted by Gasteiger charge is -2.30. The number of aromatic nitrogens is 2. The average molecular weight is 185 g/mol. The van der Waals surface area contributed by atoms with Crippen LogP contribution in [0.5, 0.6) is 0 Å². The van der Waals surface area contributed by atoms with Crippen LogP contribution in [0.3, 0.4) is 0 Å². The number of hydrogen-bond acceptors (Lipinski definition) is 5. The van der Waals surface area contributed by atoms with Crippen LogP contribution in [0, 0.1) is 0 Å². The summed E-state index contributed by atoms with van der Waals surface area (Å²) in [4.78, 5) is 0. The molecule has 1 heterocycles. The van der Waals surface area contributed by atoms with E-state index in [4.69, 9.17) is 10.8 Å². The van der Waals surface area contributed by atoms with Gasteiger partial charge in [0.25, 0.3) is 0 Å². The number of rotatable bonds is 2. The van der Waals surface area contributed by atoms with E-state index >= 15 is 0 Å². The summed E-state index contributed by atoms with van der Waals surface area (Å²) in [7, 11) is 0. The van der Waals surface area contributed by atoms with Crippen molar-refractivity contribution in [3.63, 3.8) is 0 Å². The third-order valence-electron chi connectivity index (χ3n) is 2.14. The summed E-state index contributed by atoms with van der Waals surface area (Å²) in [5, 5.41) is 18.3. The summed E-state index contributed by atoms with van der Waals surface area (Å²) < 4.78 is 0. The molecule has 0 spiro atoms. The van der Waals surface area contributed by atoms with Gasteiger partial charge in [-0.1, -0.05) is 11.3 Å². The molecule has 0 atom stereocenters. The largest absolute Gasteiger partial charge is 0.389 e. The van der Waals surface area contributed by atoms with E-state index < -0.39 is 0 Å². The Morgan fingerprint density at radius 1 is 1.50 bits per heavy atom. The van der Waals surface area contributed by atoms with Gasteiger partial charge in [0.2, 0.25) is 0 Å². The van der Waals surface area contributed by atoms with E-state index in [2.05, 4.69) is 10.2 Å². The first-order valence-electron chi connectivity index (χ1n) is 3.98. The molecule has 1 saturated carbocycles. The monoisotopic (exact) mass is 185 g/mol. The molecule has 1 aromatic rings. The van der Waals surface area contributed by atoms with E-state index in [0.29, 0.717) is 17.0 Å². The molecule has 0 amide bonds. The standard InChI is InChI=1S/C7H11N3OS/c8-5-1-4(2-5)7-10-9-6(3-11)12-7/h4-5,11H,1-3,8H2. The molecule has 1 aliphatic rings. The highest BCUT2D eigenvalue weighted by Gasteiger charge is 2.30. The van der Waals surface area contributed by atoms with Gasteiger partial charge in [0.05, 0.1) is 6.61 Å². The van der Waals surface area contributed by atoms with Gasteiger partial charge in [-0.15, -0.1) is 10.2 Å². The summed E-state index contributed by atoms with van der Waals surface area (Å²) >= 11 is 1.49. The fraction of sp³-hybridized carbons (Fsp3) is 0.714. The lowest BCUT2D eigenvalue weighted by molar-refractivity contribution is 0.280. The second kappa shape index (κ2) is 3.08. The Bertz CT molecular complexity index is 269. The Morgan fingerprint density at radius 2 is 2.25 bits per heavy atom. The second-order valence-corrected chi connectivity index (χ2v) is 4.21. The maximum absolute atomic E-state index is 8.76. The van der Waals surface area contributed by atoms with E-state index in [1.165, 1.54) is 11.3 Å². The van der Waals surface area contributed by atoms with Crippen LogP contribution in [-0.4, -0.2) is 21.3 Å². The highest BCUT2D eigenvalue weighted by atomic mass is 32.1. The predicted molar refractivity (Wildman–Crippen MR) is 45.8 cm³/mol. The summed E-state index contributed by atoms with van der Waals surface area (Å²) in [5.74, 6) is 0.498. The molecule has 0 aromatic carbocycles. The van der Waals surface area contributed by atoms with Crippen LogP contribution in [-0.2, 0) is 6.61 Å². The predicted octanol–water partition coefficient (Wildman–Crippen LogP) is 0.235. The fourth-order valence-corrected chi connectivity index (χ4v) is 2.19. The Labute approximate surface area is 74.4 Å². The van der Waals surface area contributed by atoms with Crippen LogP contribution in [0.4, 0.5) is 0 Å². The van der Waals surface area contributed by atoms with Crippen LogP contribution in [0.1, 0.15) is 28.8 Å². The van der Waals surface area contributed by atoms with E-state index in [9.17, 15) is 0 Å². The Balaban J connectivity index is 2.04. The van der Waals surface area contributed by atoms with Crippen molar-refractivity contribution in [3.05, 3.63) is 10.0 Å². The number of aliphatic hydroxyl groups is 1. The van der Waals surface area contributed by atoms with Crippen LogP contribution >= 0.6 is 11.3 Å². The molecule has 3 N–H and O–H groups in total.